The largest absolute Gasteiger partial charge is 0.378 e. The lowest BCUT2D eigenvalue weighted by atomic mass is 10.2. The maximum atomic E-state index is 12.5. The number of hydrogen-bond donors (Lipinski definition) is 2. The van der Waals surface area contributed by atoms with Crippen LogP contribution in [-0.2, 0) is 4.74 Å². The fraction of sp³-hybridized carbons (Fsp3) is 0.455. The highest BCUT2D eigenvalue weighted by Crippen LogP contribution is 2.40. The number of anilines is 1. The van der Waals surface area contributed by atoms with Crippen LogP contribution in [0.25, 0.3) is 0 Å². The summed E-state index contributed by atoms with van der Waals surface area (Å²) in [6, 6.07) is 9.19. The van der Waals surface area contributed by atoms with Crippen molar-refractivity contribution in [2.45, 2.75) is 31.3 Å². The molecule has 1 aromatic carbocycles. The number of hydrazine groups is 1. The molecule has 2 fully saturated rings. The maximum absolute atomic E-state index is 12.5. The number of aromatic nitrogens is 1. The SMILES string of the molecule is O=C(NCC[C@H]1N=CN=C(N2CCOCC2)N1Nc1ccc(Cl)cc1)c1cc(C2CC2)on1. The molecule has 1 aromatic heterocycles. The van der Waals surface area contributed by atoms with Crippen molar-refractivity contribution in [1.82, 2.24) is 20.4 Å². The molecule has 5 rings (SSSR count). The zero-order chi connectivity index (χ0) is 22.6. The second-order valence-electron chi connectivity index (χ2n) is 8.20. The van der Waals surface area contributed by atoms with Crippen LogP contribution in [0.15, 0.2) is 44.8 Å². The Morgan fingerprint density at radius 1 is 1.18 bits per heavy atom. The Hall–Kier alpha value is -3.11. The van der Waals surface area contributed by atoms with Gasteiger partial charge in [-0.3, -0.25) is 10.2 Å². The van der Waals surface area contributed by atoms with Crippen molar-refractivity contribution in [3.8, 4) is 0 Å². The van der Waals surface area contributed by atoms with Gasteiger partial charge in [0.05, 0.1) is 18.9 Å². The summed E-state index contributed by atoms with van der Waals surface area (Å²) in [4.78, 5) is 23.8. The molecule has 1 saturated carbocycles. The highest BCUT2D eigenvalue weighted by atomic mass is 35.5. The molecular formula is C22H26ClN7O3. The second-order valence-corrected chi connectivity index (χ2v) is 8.63. The van der Waals surface area contributed by atoms with Gasteiger partial charge in [-0.15, -0.1) is 0 Å². The zero-order valence-corrected chi connectivity index (χ0v) is 18.9. The van der Waals surface area contributed by atoms with Gasteiger partial charge in [0.2, 0.25) is 5.96 Å². The maximum Gasteiger partial charge on any atom is 0.273 e. The van der Waals surface area contributed by atoms with Gasteiger partial charge in [0.1, 0.15) is 18.3 Å². The fourth-order valence-corrected chi connectivity index (χ4v) is 3.90. The molecule has 33 heavy (non-hydrogen) atoms. The summed E-state index contributed by atoms with van der Waals surface area (Å²) in [5.74, 6) is 1.73. The Morgan fingerprint density at radius 3 is 2.73 bits per heavy atom. The molecule has 174 valence electrons. The molecule has 0 spiro atoms. The van der Waals surface area contributed by atoms with E-state index in [0.29, 0.717) is 42.8 Å². The Morgan fingerprint density at radius 2 is 1.97 bits per heavy atom. The predicted octanol–water partition coefficient (Wildman–Crippen LogP) is 2.71. The van der Waals surface area contributed by atoms with E-state index >= 15 is 0 Å². The number of benzene rings is 1. The number of aliphatic imine (C=N–C) groups is 2. The van der Waals surface area contributed by atoms with Gasteiger partial charge >= 0.3 is 0 Å². The molecule has 0 bridgehead atoms. The number of guanidine groups is 1. The summed E-state index contributed by atoms with van der Waals surface area (Å²) in [5.41, 5.74) is 4.58. The standard InChI is InChI=1S/C22H26ClN7O3/c23-16-3-5-17(6-4-16)27-30-20(25-14-26-22(30)29-9-11-32-12-10-29)7-8-24-21(31)18-13-19(33-28-18)15-1-2-15/h3-6,13-15,20,27H,1-2,7-12H2,(H,24,31)/t20-/m0/s1. The molecule has 0 unspecified atom stereocenters. The van der Waals surface area contributed by atoms with Crippen LogP contribution in [0.4, 0.5) is 5.69 Å². The molecule has 10 nitrogen and oxygen atoms in total. The number of ether oxygens (including phenoxy) is 1. The van der Waals surface area contributed by atoms with Gasteiger partial charge in [-0.05, 0) is 37.1 Å². The first-order valence-electron chi connectivity index (χ1n) is 11.2. The fourth-order valence-electron chi connectivity index (χ4n) is 3.78. The monoisotopic (exact) mass is 471 g/mol. The summed E-state index contributed by atoms with van der Waals surface area (Å²) in [6.45, 7) is 3.19. The molecule has 1 saturated heterocycles. The lowest BCUT2D eigenvalue weighted by molar-refractivity contribution is 0.0612. The third-order valence-corrected chi connectivity index (χ3v) is 5.99. The highest BCUT2D eigenvalue weighted by molar-refractivity contribution is 6.30. The van der Waals surface area contributed by atoms with Crippen molar-refractivity contribution < 1.29 is 14.1 Å². The minimum absolute atomic E-state index is 0.246. The van der Waals surface area contributed by atoms with E-state index < -0.39 is 0 Å². The number of carbonyl (C=O) groups is 1. The number of nitrogens with one attached hydrogen (secondary N) is 2. The third-order valence-electron chi connectivity index (χ3n) is 5.74. The molecular weight excluding hydrogens is 446 g/mol. The van der Waals surface area contributed by atoms with Gasteiger partial charge in [0.25, 0.3) is 5.91 Å². The van der Waals surface area contributed by atoms with Crippen LogP contribution in [0.3, 0.4) is 0 Å². The minimum Gasteiger partial charge on any atom is -0.378 e. The number of nitrogens with zero attached hydrogens (tertiary/aromatic N) is 5. The molecule has 2 aromatic rings. The summed E-state index contributed by atoms with van der Waals surface area (Å²) in [6.07, 6.45) is 4.07. The van der Waals surface area contributed by atoms with E-state index in [1.807, 2.05) is 29.3 Å². The number of hydrogen-bond acceptors (Lipinski definition) is 9. The van der Waals surface area contributed by atoms with Crippen LogP contribution in [-0.4, -0.2) is 72.3 Å². The van der Waals surface area contributed by atoms with Gasteiger partial charge in [-0.2, -0.15) is 0 Å². The van der Waals surface area contributed by atoms with E-state index in [1.165, 1.54) is 0 Å². The number of morpholine rings is 1. The van der Waals surface area contributed by atoms with Crippen LogP contribution >= 0.6 is 11.6 Å². The number of rotatable bonds is 7. The summed E-state index contributed by atoms with van der Waals surface area (Å²) in [5, 5.41) is 9.43. The van der Waals surface area contributed by atoms with Crippen molar-refractivity contribution in [2.24, 2.45) is 9.98 Å². The third kappa shape index (κ3) is 5.28. The molecule has 0 radical (unpaired) electrons. The van der Waals surface area contributed by atoms with Gasteiger partial charge < -0.3 is 19.5 Å². The van der Waals surface area contributed by atoms with Crippen molar-refractivity contribution >= 4 is 35.5 Å². The van der Waals surface area contributed by atoms with Crippen LogP contribution in [0.2, 0.25) is 5.02 Å². The van der Waals surface area contributed by atoms with Gasteiger partial charge in [0, 0.05) is 43.1 Å². The molecule has 2 N–H and O–H groups in total. The van der Waals surface area contributed by atoms with E-state index in [9.17, 15) is 4.79 Å². The van der Waals surface area contributed by atoms with Crippen LogP contribution < -0.4 is 10.7 Å². The number of halogens is 1. The first kappa shape index (κ1) is 21.7. The molecule has 1 aliphatic carbocycles. The molecule has 3 heterocycles. The highest BCUT2D eigenvalue weighted by Gasteiger charge is 2.30. The van der Waals surface area contributed by atoms with Gasteiger partial charge in [-0.25, -0.2) is 15.0 Å². The van der Waals surface area contributed by atoms with Crippen molar-refractivity contribution in [1.29, 1.82) is 0 Å². The van der Waals surface area contributed by atoms with E-state index in [0.717, 1.165) is 43.3 Å². The zero-order valence-electron chi connectivity index (χ0n) is 18.1. The van der Waals surface area contributed by atoms with Crippen LogP contribution in [0, 0.1) is 0 Å². The molecule has 11 heteroatoms. The Kier molecular flexibility index (Phi) is 6.45. The van der Waals surface area contributed by atoms with E-state index in [-0.39, 0.29) is 12.1 Å². The lowest BCUT2D eigenvalue weighted by Crippen LogP contribution is -2.56. The molecule has 1 atom stereocenters. The van der Waals surface area contributed by atoms with Crippen LogP contribution in [0.5, 0.6) is 0 Å². The van der Waals surface area contributed by atoms with Crippen molar-refractivity contribution in [3.63, 3.8) is 0 Å². The van der Waals surface area contributed by atoms with Crippen LogP contribution in [0.1, 0.15) is 41.4 Å². The van der Waals surface area contributed by atoms with Crippen molar-refractivity contribution in [2.75, 3.05) is 38.3 Å². The minimum atomic E-state index is -0.268. The first-order valence-corrected chi connectivity index (χ1v) is 11.5. The molecule has 3 aliphatic rings. The molecule has 1 amide bonds. The quantitative estimate of drug-likeness (QED) is 0.639. The van der Waals surface area contributed by atoms with Gasteiger partial charge in [-0.1, -0.05) is 16.8 Å². The predicted molar refractivity (Wildman–Crippen MR) is 124 cm³/mol. The van der Waals surface area contributed by atoms with E-state index in [2.05, 4.69) is 30.8 Å². The topological polar surface area (TPSA) is 108 Å². The average Bonchev–Trinajstić information content (AvgIpc) is 3.58. The summed E-state index contributed by atoms with van der Waals surface area (Å²) in [7, 11) is 0. The van der Waals surface area contributed by atoms with E-state index in [4.69, 9.17) is 20.9 Å². The lowest BCUT2D eigenvalue weighted by Gasteiger charge is -2.40. The normalized spacial score (nSPS) is 20.5. The summed E-state index contributed by atoms with van der Waals surface area (Å²) >= 11 is 6.04. The first-order chi connectivity index (χ1) is 16.2. The average molecular weight is 472 g/mol. The van der Waals surface area contributed by atoms with Gasteiger partial charge in [0.15, 0.2) is 5.69 Å². The van der Waals surface area contributed by atoms with E-state index in [1.54, 1.807) is 12.4 Å². The summed E-state index contributed by atoms with van der Waals surface area (Å²) < 4.78 is 10.8. The molecule has 2 aliphatic heterocycles. The Bertz CT molecular complexity index is 1030. The number of carbonyl (C=O) groups excluding carboxylic acids is 1. The Balaban J connectivity index is 1.24. The van der Waals surface area contributed by atoms with Crippen molar-refractivity contribution in [3.05, 3.63) is 46.8 Å². The second kappa shape index (κ2) is 9.80. The smallest absolute Gasteiger partial charge is 0.273 e. The number of amides is 1. The Labute approximate surface area is 196 Å².